The average Bonchev–Trinajstić information content (AvgIpc) is 2.26. The molecular weight excluding hydrogens is 200 g/mol. The van der Waals surface area contributed by atoms with Crippen LogP contribution in [-0.4, -0.2) is 13.7 Å². The topological polar surface area (TPSA) is 47.3 Å². The van der Waals surface area contributed by atoms with Crippen LogP contribution in [0, 0.1) is 5.41 Å². The van der Waals surface area contributed by atoms with Gasteiger partial charge in [-0.25, -0.2) is 0 Å². The quantitative estimate of drug-likeness (QED) is 0.752. The molecule has 0 unspecified atom stereocenters. The fourth-order valence-corrected chi connectivity index (χ4v) is 1.31. The number of benzene rings is 1. The number of nitrogens with one attached hydrogen (secondary N) is 1. The van der Waals surface area contributed by atoms with E-state index in [1.807, 2.05) is 18.2 Å². The number of nitrogen functional groups attached to an aromatic ring is 1. The zero-order valence-corrected chi connectivity index (χ0v) is 10.6. The molecule has 0 aliphatic heterocycles. The lowest BCUT2D eigenvalue weighted by Gasteiger charge is -2.23. The van der Waals surface area contributed by atoms with Gasteiger partial charge >= 0.3 is 0 Å². The van der Waals surface area contributed by atoms with Crippen LogP contribution in [0.3, 0.4) is 0 Å². The number of hydrogen-bond donors (Lipinski definition) is 2. The van der Waals surface area contributed by atoms with Crippen LogP contribution in [0.1, 0.15) is 27.2 Å². The van der Waals surface area contributed by atoms with Crippen molar-refractivity contribution in [1.29, 1.82) is 0 Å². The van der Waals surface area contributed by atoms with E-state index in [1.165, 1.54) is 0 Å². The first kappa shape index (κ1) is 12.7. The fourth-order valence-electron chi connectivity index (χ4n) is 1.31. The van der Waals surface area contributed by atoms with Crippen molar-refractivity contribution in [2.45, 2.75) is 27.2 Å². The van der Waals surface area contributed by atoms with Gasteiger partial charge in [-0.1, -0.05) is 20.8 Å². The zero-order chi connectivity index (χ0) is 12.2. The largest absolute Gasteiger partial charge is 0.497 e. The summed E-state index contributed by atoms with van der Waals surface area (Å²) in [7, 11) is 1.65. The molecule has 3 nitrogen and oxygen atoms in total. The Hall–Kier alpha value is -1.38. The fraction of sp³-hybridized carbons (Fsp3) is 0.538. The lowest BCUT2D eigenvalue weighted by Crippen LogP contribution is -2.22. The Morgan fingerprint density at radius 3 is 2.56 bits per heavy atom. The van der Waals surface area contributed by atoms with Crippen molar-refractivity contribution >= 4 is 11.4 Å². The highest BCUT2D eigenvalue weighted by Crippen LogP contribution is 2.25. The normalized spacial score (nSPS) is 11.2. The van der Waals surface area contributed by atoms with Crippen LogP contribution < -0.4 is 15.8 Å². The van der Waals surface area contributed by atoms with Gasteiger partial charge in [-0.2, -0.15) is 0 Å². The predicted molar refractivity (Wildman–Crippen MR) is 70.0 cm³/mol. The Bertz CT molecular complexity index is 348. The van der Waals surface area contributed by atoms with Crippen molar-refractivity contribution < 1.29 is 4.74 Å². The smallest absolute Gasteiger partial charge is 0.122 e. The van der Waals surface area contributed by atoms with Gasteiger partial charge in [0.1, 0.15) is 5.75 Å². The highest BCUT2D eigenvalue weighted by molar-refractivity contribution is 5.59. The van der Waals surface area contributed by atoms with Crippen molar-refractivity contribution in [3.05, 3.63) is 18.2 Å². The van der Waals surface area contributed by atoms with Gasteiger partial charge in [0.2, 0.25) is 0 Å². The molecule has 1 aromatic carbocycles. The molecule has 0 saturated carbocycles. The number of methoxy groups -OCH3 is 1. The van der Waals surface area contributed by atoms with Gasteiger partial charge in [-0.05, 0) is 17.9 Å². The summed E-state index contributed by atoms with van der Waals surface area (Å²) >= 11 is 0. The maximum atomic E-state index is 5.79. The molecule has 16 heavy (non-hydrogen) atoms. The second-order valence-electron chi connectivity index (χ2n) is 4.87. The van der Waals surface area contributed by atoms with Crippen molar-refractivity contribution in [2.75, 3.05) is 24.7 Å². The number of ether oxygens (including phenoxy) is 1. The molecule has 0 bridgehead atoms. The Morgan fingerprint density at radius 2 is 2.00 bits per heavy atom. The highest BCUT2D eigenvalue weighted by atomic mass is 16.5. The Labute approximate surface area is 98.0 Å². The Balaban J connectivity index is 2.70. The van der Waals surface area contributed by atoms with Crippen molar-refractivity contribution in [3.63, 3.8) is 0 Å². The summed E-state index contributed by atoms with van der Waals surface area (Å²) < 4.78 is 5.17. The van der Waals surface area contributed by atoms with Crippen LogP contribution in [0.4, 0.5) is 11.4 Å². The molecule has 0 saturated heterocycles. The molecule has 3 heteroatoms. The molecule has 0 amide bonds. The third-order valence-corrected chi connectivity index (χ3v) is 2.89. The number of rotatable bonds is 5. The molecule has 0 spiro atoms. The monoisotopic (exact) mass is 222 g/mol. The summed E-state index contributed by atoms with van der Waals surface area (Å²) in [6, 6.07) is 5.70. The number of nitrogens with two attached hydrogens (primary N) is 1. The molecular formula is C13H22N2O. The van der Waals surface area contributed by atoms with Crippen LogP contribution in [0.25, 0.3) is 0 Å². The van der Waals surface area contributed by atoms with E-state index in [0.29, 0.717) is 0 Å². The molecule has 0 radical (unpaired) electrons. The first-order chi connectivity index (χ1) is 7.46. The summed E-state index contributed by atoms with van der Waals surface area (Å²) in [5.41, 5.74) is 7.81. The molecule has 0 atom stereocenters. The van der Waals surface area contributed by atoms with E-state index in [1.54, 1.807) is 7.11 Å². The molecule has 0 aliphatic rings. The number of anilines is 2. The van der Waals surface area contributed by atoms with Gasteiger partial charge in [-0.3, -0.25) is 0 Å². The maximum absolute atomic E-state index is 5.79. The summed E-state index contributed by atoms with van der Waals surface area (Å²) in [6.07, 6.45) is 1.14. The molecule has 0 aromatic heterocycles. The van der Waals surface area contributed by atoms with Crippen LogP contribution in [0.5, 0.6) is 5.75 Å². The molecule has 1 rings (SSSR count). The second kappa shape index (κ2) is 5.10. The van der Waals surface area contributed by atoms with Crippen LogP contribution in [0.15, 0.2) is 18.2 Å². The predicted octanol–water partition coefficient (Wildman–Crippen LogP) is 3.13. The highest BCUT2D eigenvalue weighted by Gasteiger charge is 2.14. The number of hydrogen-bond acceptors (Lipinski definition) is 3. The van der Waals surface area contributed by atoms with E-state index in [9.17, 15) is 0 Å². The van der Waals surface area contributed by atoms with Gasteiger partial charge in [0.15, 0.2) is 0 Å². The Kier molecular flexibility index (Phi) is 4.05. The summed E-state index contributed by atoms with van der Waals surface area (Å²) in [4.78, 5) is 0. The molecule has 0 fully saturated rings. The van der Waals surface area contributed by atoms with E-state index in [2.05, 4.69) is 26.1 Å². The maximum Gasteiger partial charge on any atom is 0.122 e. The average molecular weight is 222 g/mol. The molecule has 90 valence electrons. The molecule has 1 aromatic rings. The van der Waals surface area contributed by atoms with Crippen molar-refractivity contribution in [3.8, 4) is 5.75 Å². The minimum absolute atomic E-state index is 0.290. The van der Waals surface area contributed by atoms with E-state index >= 15 is 0 Å². The standard InChI is InChI=1S/C13H22N2O/c1-5-13(2,3)9-15-11-6-10(14)7-12(8-11)16-4/h6-8,15H,5,9,14H2,1-4H3. The molecule has 3 N–H and O–H groups in total. The summed E-state index contributed by atoms with van der Waals surface area (Å²) in [5, 5.41) is 3.39. The van der Waals surface area contributed by atoms with Crippen LogP contribution in [0.2, 0.25) is 0 Å². The SMILES string of the molecule is CCC(C)(C)CNc1cc(N)cc(OC)c1. The van der Waals surface area contributed by atoms with Gasteiger partial charge in [0.05, 0.1) is 7.11 Å². The minimum atomic E-state index is 0.290. The van der Waals surface area contributed by atoms with Crippen LogP contribution >= 0.6 is 0 Å². The van der Waals surface area contributed by atoms with Gasteiger partial charge in [0, 0.05) is 30.1 Å². The van der Waals surface area contributed by atoms with E-state index in [-0.39, 0.29) is 5.41 Å². The van der Waals surface area contributed by atoms with Crippen molar-refractivity contribution in [1.82, 2.24) is 0 Å². The molecule has 0 heterocycles. The lowest BCUT2D eigenvalue weighted by molar-refractivity contribution is 0.376. The third-order valence-electron chi connectivity index (χ3n) is 2.89. The van der Waals surface area contributed by atoms with Gasteiger partial charge in [0.25, 0.3) is 0 Å². The molecule has 0 aliphatic carbocycles. The summed E-state index contributed by atoms with van der Waals surface area (Å²) in [5.74, 6) is 0.789. The minimum Gasteiger partial charge on any atom is -0.497 e. The van der Waals surface area contributed by atoms with Gasteiger partial charge in [-0.15, -0.1) is 0 Å². The van der Waals surface area contributed by atoms with E-state index in [4.69, 9.17) is 10.5 Å². The summed E-state index contributed by atoms with van der Waals surface area (Å²) in [6.45, 7) is 7.60. The first-order valence-corrected chi connectivity index (χ1v) is 5.65. The van der Waals surface area contributed by atoms with E-state index in [0.717, 1.165) is 30.1 Å². The van der Waals surface area contributed by atoms with Crippen LogP contribution in [-0.2, 0) is 0 Å². The second-order valence-corrected chi connectivity index (χ2v) is 4.87. The van der Waals surface area contributed by atoms with Crippen molar-refractivity contribution in [2.24, 2.45) is 5.41 Å². The zero-order valence-electron chi connectivity index (χ0n) is 10.6. The van der Waals surface area contributed by atoms with E-state index < -0.39 is 0 Å². The third kappa shape index (κ3) is 3.65. The van der Waals surface area contributed by atoms with Gasteiger partial charge < -0.3 is 15.8 Å². The lowest BCUT2D eigenvalue weighted by atomic mass is 9.90. The first-order valence-electron chi connectivity index (χ1n) is 5.65. The Morgan fingerprint density at radius 1 is 1.31 bits per heavy atom.